The first-order valence-electron chi connectivity index (χ1n) is 6.65. The molecule has 0 radical (unpaired) electrons. The zero-order valence-electron chi connectivity index (χ0n) is 10.9. The van der Waals surface area contributed by atoms with E-state index < -0.39 is 0 Å². The van der Waals surface area contributed by atoms with Crippen LogP contribution in [0.5, 0.6) is 0 Å². The van der Waals surface area contributed by atoms with Gasteiger partial charge in [-0.1, -0.05) is 20.8 Å². The molecular formula is C14H23NO. The van der Waals surface area contributed by atoms with E-state index in [1.165, 1.54) is 25.7 Å². The van der Waals surface area contributed by atoms with Gasteiger partial charge in [-0.3, -0.25) is 4.79 Å². The molecule has 0 aromatic heterocycles. The lowest BCUT2D eigenvalue weighted by molar-refractivity contribution is -0.197. The molecule has 2 nitrogen and oxygen atoms in total. The molecule has 0 aromatic rings. The Morgan fingerprint density at radius 2 is 2.00 bits per heavy atom. The predicted octanol–water partition coefficient (Wildman–Crippen LogP) is 2.82. The molecular weight excluding hydrogens is 198 g/mol. The number of nitrogens with zero attached hydrogens (tertiary/aromatic N) is 1. The van der Waals surface area contributed by atoms with Gasteiger partial charge in [-0.2, -0.15) is 0 Å². The average Bonchev–Trinajstić information content (AvgIpc) is 2.50. The van der Waals surface area contributed by atoms with Crippen LogP contribution in [0.1, 0.15) is 53.4 Å². The molecule has 2 heteroatoms. The maximum Gasteiger partial charge on any atom is 0.219 e. The summed E-state index contributed by atoms with van der Waals surface area (Å²) in [6, 6.07) is 1.20. The molecule has 1 spiro atoms. The average molecular weight is 221 g/mol. The summed E-state index contributed by atoms with van der Waals surface area (Å²) < 4.78 is 0. The van der Waals surface area contributed by atoms with Crippen molar-refractivity contribution in [2.45, 2.75) is 65.5 Å². The van der Waals surface area contributed by atoms with E-state index in [9.17, 15) is 4.79 Å². The van der Waals surface area contributed by atoms with Crippen molar-refractivity contribution in [1.82, 2.24) is 4.90 Å². The van der Waals surface area contributed by atoms with Crippen molar-refractivity contribution in [3.63, 3.8) is 0 Å². The van der Waals surface area contributed by atoms with Crippen LogP contribution in [0.15, 0.2) is 0 Å². The topological polar surface area (TPSA) is 20.3 Å². The molecule has 3 fully saturated rings. The second-order valence-corrected chi connectivity index (χ2v) is 7.23. The quantitative estimate of drug-likeness (QED) is 0.616. The Kier molecular flexibility index (Phi) is 1.88. The van der Waals surface area contributed by atoms with Crippen LogP contribution in [0.4, 0.5) is 0 Å². The van der Waals surface area contributed by atoms with Crippen molar-refractivity contribution < 1.29 is 4.79 Å². The standard InChI is InChI=1S/C14H23NO/c1-9(16)15-11-5-6-14(11)8-10(7-12(14)15)13(2,3)4/h10-12H,5-8H2,1-4H3/t10?,11-,12-,14?/m0/s1. The minimum atomic E-state index is 0.305. The van der Waals surface area contributed by atoms with Crippen LogP contribution in [0.2, 0.25) is 0 Å². The van der Waals surface area contributed by atoms with Crippen molar-refractivity contribution in [2.75, 3.05) is 0 Å². The number of amides is 1. The number of carbonyl (C=O) groups excluding carboxylic acids is 1. The van der Waals surface area contributed by atoms with Gasteiger partial charge in [-0.15, -0.1) is 0 Å². The van der Waals surface area contributed by atoms with E-state index in [0.29, 0.717) is 28.8 Å². The van der Waals surface area contributed by atoms with Gasteiger partial charge in [0, 0.05) is 24.4 Å². The highest BCUT2D eigenvalue weighted by atomic mass is 16.2. The Hall–Kier alpha value is -0.530. The van der Waals surface area contributed by atoms with Gasteiger partial charge >= 0.3 is 0 Å². The third-order valence-corrected chi connectivity index (χ3v) is 5.60. The number of likely N-dealkylation sites (tertiary alicyclic amines) is 1. The minimum absolute atomic E-state index is 0.305. The summed E-state index contributed by atoms with van der Waals surface area (Å²) in [7, 11) is 0. The molecule has 0 aromatic carbocycles. The molecule has 16 heavy (non-hydrogen) atoms. The van der Waals surface area contributed by atoms with E-state index in [-0.39, 0.29) is 0 Å². The smallest absolute Gasteiger partial charge is 0.219 e. The van der Waals surface area contributed by atoms with Crippen molar-refractivity contribution >= 4 is 5.91 Å². The third-order valence-electron chi connectivity index (χ3n) is 5.60. The van der Waals surface area contributed by atoms with Gasteiger partial charge in [0.1, 0.15) is 0 Å². The number of hydrogen-bond donors (Lipinski definition) is 0. The van der Waals surface area contributed by atoms with Crippen LogP contribution in [-0.2, 0) is 4.79 Å². The molecule has 1 saturated heterocycles. The highest BCUT2D eigenvalue weighted by Crippen LogP contribution is 2.68. The monoisotopic (exact) mass is 221 g/mol. The molecule has 3 rings (SSSR count). The summed E-state index contributed by atoms with van der Waals surface area (Å²) in [4.78, 5) is 13.8. The van der Waals surface area contributed by atoms with Gasteiger partial charge in [0.2, 0.25) is 5.91 Å². The van der Waals surface area contributed by atoms with E-state index in [0.717, 1.165) is 5.92 Å². The van der Waals surface area contributed by atoms with Crippen LogP contribution in [0.3, 0.4) is 0 Å². The first-order valence-corrected chi connectivity index (χ1v) is 6.65. The molecule has 2 aliphatic carbocycles. The maximum atomic E-state index is 11.6. The fourth-order valence-electron chi connectivity index (χ4n) is 4.49. The summed E-state index contributed by atoms with van der Waals surface area (Å²) in [6.45, 7) is 8.80. The first kappa shape index (κ1) is 10.6. The molecule has 3 aliphatic rings. The summed E-state index contributed by atoms with van der Waals surface area (Å²) >= 11 is 0. The number of rotatable bonds is 0. The summed E-state index contributed by atoms with van der Waals surface area (Å²) in [5.41, 5.74) is 0.971. The Labute approximate surface area is 98.4 Å². The Bertz CT molecular complexity index is 343. The predicted molar refractivity (Wildman–Crippen MR) is 63.9 cm³/mol. The molecule has 0 bridgehead atoms. The van der Waals surface area contributed by atoms with Gasteiger partial charge in [0.05, 0.1) is 0 Å². The van der Waals surface area contributed by atoms with E-state index in [2.05, 4.69) is 25.7 Å². The van der Waals surface area contributed by atoms with Gasteiger partial charge in [-0.05, 0) is 37.0 Å². The number of hydrogen-bond acceptors (Lipinski definition) is 1. The van der Waals surface area contributed by atoms with Gasteiger partial charge in [-0.25, -0.2) is 0 Å². The number of piperidine rings is 1. The summed E-state index contributed by atoms with van der Waals surface area (Å²) in [6.07, 6.45) is 5.25. The number of carbonyl (C=O) groups is 1. The Morgan fingerprint density at radius 1 is 1.31 bits per heavy atom. The fourth-order valence-corrected chi connectivity index (χ4v) is 4.49. The van der Waals surface area contributed by atoms with Crippen LogP contribution in [0, 0.1) is 16.7 Å². The van der Waals surface area contributed by atoms with E-state index in [4.69, 9.17) is 0 Å². The van der Waals surface area contributed by atoms with Gasteiger partial charge in [0.15, 0.2) is 0 Å². The van der Waals surface area contributed by atoms with E-state index >= 15 is 0 Å². The molecule has 4 atom stereocenters. The fraction of sp³-hybridized carbons (Fsp3) is 0.929. The van der Waals surface area contributed by atoms with E-state index in [1.54, 1.807) is 6.92 Å². The second-order valence-electron chi connectivity index (χ2n) is 7.23. The molecule has 1 heterocycles. The zero-order valence-corrected chi connectivity index (χ0v) is 10.9. The SMILES string of the molecule is CC(=O)N1[C@H]2CCC23CC(C(C)(C)C)C[C@H]13. The van der Waals surface area contributed by atoms with Crippen molar-refractivity contribution in [2.24, 2.45) is 16.7 Å². The molecule has 0 N–H and O–H groups in total. The summed E-state index contributed by atoms with van der Waals surface area (Å²) in [5.74, 6) is 1.12. The largest absolute Gasteiger partial charge is 0.336 e. The second kappa shape index (κ2) is 2.83. The van der Waals surface area contributed by atoms with Crippen LogP contribution in [-0.4, -0.2) is 22.9 Å². The van der Waals surface area contributed by atoms with Gasteiger partial charge in [0.25, 0.3) is 0 Å². The highest BCUT2D eigenvalue weighted by molar-refractivity contribution is 5.76. The molecule has 2 unspecified atom stereocenters. The molecule has 2 saturated carbocycles. The lowest BCUT2D eigenvalue weighted by Gasteiger charge is -2.68. The van der Waals surface area contributed by atoms with Crippen LogP contribution >= 0.6 is 0 Å². The zero-order chi connectivity index (χ0) is 11.7. The first-order chi connectivity index (χ1) is 7.36. The summed E-state index contributed by atoms with van der Waals surface area (Å²) in [5, 5.41) is 0. The molecule has 90 valence electrons. The Balaban J connectivity index is 1.83. The lowest BCUT2D eigenvalue weighted by Crippen LogP contribution is -2.75. The Morgan fingerprint density at radius 3 is 2.44 bits per heavy atom. The van der Waals surface area contributed by atoms with E-state index in [1.807, 2.05) is 0 Å². The normalized spacial score (nSPS) is 45.5. The molecule has 1 amide bonds. The highest BCUT2D eigenvalue weighted by Gasteiger charge is 2.70. The van der Waals surface area contributed by atoms with Crippen molar-refractivity contribution in [3.8, 4) is 0 Å². The maximum absolute atomic E-state index is 11.6. The van der Waals surface area contributed by atoms with Crippen LogP contribution < -0.4 is 0 Å². The third kappa shape index (κ3) is 1.06. The van der Waals surface area contributed by atoms with Crippen molar-refractivity contribution in [1.29, 1.82) is 0 Å². The van der Waals surface area contributed by atoms with Gasteiger partial charge < -0.3 is 4.90 Å². The molecule has 1 aliphatic heterocycles. The lowest BCUT2D eigenvalue weighted by atomic mass is 9.53. The minimum Gasteiger partial charge on any atom is -0.336 e. The van der Waals surface area contributed by atoms with Crippen LogP contribution in [0.25, 0.3) is 0 Å². The van der Waals surface area contributed by atoms with Crippen molar-refractivity contribution in [3.05, 3.63) is 0 Å².